The molecule has 0 radical (unpaired) electrons. The minimum atomic E-state index is -2.69. The van der Waals surface area contributed by atoms with Gasteiger partial charge in [-0.3, -0.25) is 14.3 Å². The summed E-state index contributed by atoms with van der Waals surface area (Å²) in [5.41, 5.74) is -2.76. The number of hydrogen-bond acceptors (Lipinski definition) is 5. The molecule has 0 unspecified atom stereocenters. The average molecular weight is 496 g/mol. The van der Waals surface area contributed by atoms with Gasteiger partial charge in [0.2, 0.25) is 0 Å². The summed E-state index contributed by atoms with van der Waals surface area (Å²) < 4.78 is 35.0. The molecule has 2 heterocycles. The molecule has 9 nitrogen and oxygen atoms in total. The number of imidazole rings is 1. The Morgan fingerprint density at radius 1 is 1.03 bits per heavy atom. The van der Waals surface area contributed by atoms with Gasteiger partial charge in [-0.15, -0.1) is 0 Å². The van der Waals surface area contributed by atoms with Crippen LogP contribution in [0.3, 0.4) is 0 Å². The van der Waals surface area contributed by atoms with Gasteiger partial charge >= 0.3 is 11.4 Å². The third-order valence-electron chi connectivity index (χ3n) is 5.43. The number of nitrogens with zero attached hydrogens (tertiary/aromatic N) is 3. The molecule has 0 saturated heterocycles. The highest BCUT2D eigenvalue weighted by atomic mass is 35.5. The largest absolute Gasteiger partial charge is 0.454 e. The molecule has 0 bridgehead atoms. The van der Waals surface area contributed by atoms with E-state index < -0.39 is 28.9 Å². The maximum atomic E-state index is 13.6. The number of nitrogens with one attached hydrogen (secondary N) is 2. The van der Waals surface area contributed by atoms with Crippen molar-refractivity contribution in [2.24, 2.45) is 0 Å². The lowest BCUT2D eigenvalue weighted by molar-refractivity contribution is 0.0675. The first kappa shape index (κ1) is 21.4. The van der Waals surface area contributed by atoms with Crippen molar-refractivity contribution in [2.75, 3.05) is 0 Å². The zero-order valence-electron chi connectivity index (χ0n) is 16.4. The number of rotatable bonds is 5. The Labute approximate surface area is 192 Å². The highest BCUT2D eigenvalue weighted by molar-refractivity contribution is 6.37. The topological polar surface area (TPSA) is 115 Å². The number of H-pyrrole nitrogens is 2. The van der Waals surface area contributed by atoms with Gasteiger partial charge in [0, 0.05) is 6.07 Å². The molecule has 170 valence electrons. The summed E-state index contributed by atoms with van der Waals surface area (Å²) in [5.74, 6) is 0.245. The SMILES string of the molecule is O=c1cnn(-c2cc(Cl)c(Oc3ccc4[nH]c(=O)n(C5(C(F)F)CC5)c4c3)c(Cl)c2)c(=O)[nH]1. The van der Waals surface area contributed by atoms with Crippen molar-refractivity contribution in [3.63, 3.8) is 0 Å². The summed E-state index contributed by atoms with van der Waals surface area (Å²) in [6.45, 7) is 0. The molecule has 0 amide bonds. The van der Waals surface area contributed by atoms with Crippen LogP contribution in [-0.2, 0) is 5.54 Å². The van der Waals surface area contributed by atoms with Crippen LogP contribution in [-0.4, -0.2) is 30.7 Å². The van der Waals surface area contributed by atoms with Gasteiger partial charge in [-0.1, -0.05) is 23.2 Å². The number of alkyl halides is 2. The van der Waals surface area contributed by atoms with Crippen molar-refractivity contribution in [2.45, 2.75) is 24.8 Å². The Hall–Kier alpha value is -3.44. The van der Waals surface area contributed by atoms with Gasteiger partial charge < -0.3 is 9.72 Å². The van der Waals surface area contributed by atoms with Crippen LogP contribution >= 0.6 is 23.2 Å². The zero-order chi connectivity index (χ0) is 23.5. The second-order valence-electron chi connectivity index (χ2n) is 7.54. The van der Waals surface area contributed by atoms with Crippen molar-refractivity contribution in [1.82, 2.24) is 24.3 Å². The van der Waals surface area contributed by atoms with E-state index in [9.17, 15) is 23.2 Å². The Bertz CT molecular complexity index is 1560. The van der Waals surface area contributed by atoms with Gasteiger partial charge in [0.05, 0.1) is 26.8 Å². The summed E-state index contributed by atoms with van der Waals surface area (Å²) in [4.78, 5) is 40.2. The van der Waals surface area contributed by atoms with Gasteiger partial charge in [-0.05, 0) is 37.1 Å². The standard InChI is InChI=1S/C20H13Cl2F2N5O4/c21-11-5-9(29-19(32)27-15(30)8-25-29)6-12(22)16(11)33-10-1-2-13-14(7-10)28(18(31)26-13)20(3-4-20)17(23)24/h1-2,5-8,17H,3-4H2,(H,26,31)(H,27,30,32). The van der Waals surface area contributed by atoms with E-state index in [-0.39, 0.29) is 45.6 Å². The lowest BCUT2D eigenvalue weighted by atomic mass is 10.2. The second-order valence-corrected chi connectivity index (χ2v) is 8.35. The monoisotopic (exact) mass is 495 g/mol. The zero-order valence-corrected chi connectivity index (χ0v) is 18.0. The first-order valence-electron chi connectivity index (χ1n) is 9.59. The van der Waals surface area contributed by atoms with Crippen molar-refractivity contribution in [3.8, 4) is 17.2 Å². The second kappa shape index (κ2) is 7.56. The molecule has 33 heavy (non-hydrogen) atoms. The average Bonchev–Trinajstić information content (AvgIpc) is 3.47. The number of aromatic amines is 2. The summed E-state index contributed by atoms with van der Waals surface area (Å²) in [6, 6.07) is 7.22. The number of aromatic nitrogens is 5. The molecular formula is C20H13Cl2F2N5O4. The first-order chi connectivity index (χ1) is 15.7. The van der Waals surface area contributed by atoms with E-state index >= 15 is 0 Å². The molecule has 0 aliphatic heterocycles. The summed E-state index contributed by atoms with van der Waals surface area (Å²) >= 11 is 12.6. The minimum absolute atomic E-state index is 0.0233. The van der Waals surface area contributed by atoms with Crippen LogP contribution in [0.5, 0.6) is 11.5 Å². The van der Waals surface area contributed by atoms with Crippen LogP contribution in [0, 0.1) is 0 Å². The lowest BCUT2D eigenvalue weighted by Crippen LogP contribution is -2.33. The third kappa shape index (κ3) is 3.53. The van der Waals surface area contributed by atoms with Gasteiger partial charge in [0.1, 0.15) is 17.5 Å². The predicted molar refractivity (Wildman–Crippen MR) is 116 cm³/mol. The van der Waals surface area contributed by atoms with E-state index in [0.717, 1.165) is 15.4 Å². The van der Waals surface area contributed by atoms with Gasteiger partial charge in [0.15, 0.2) is 5.75 Å². The molecule has 0 spiro atoms. The fraction of sp³-hybridized carbons (Fsp3) is 0.200. The number of halogens is 4. The smallest absolute Gasteiger partial charge is 0.349 e. The number of ether oxygens (including phenoxy) is 1. The van der Waals surface area contributed by atoms with E-state index in [0.29, 0.717) is 5.52 Å². The summed E-state index contributed by atoms with van der Waals surface area (Å²) in [5, 5.41) is 3.79. The number of hydrogen-bond donors (Lipinski definition) is 2. The number of fused-ring (bicyclic) bond motifs is 1. The Morgan fingerprint density at radius 3 is 2.33 bits per heavy atom. The molecule has 5 rings (SSSR count). The molecule has 1 fully saturated rings. The van der Waals surface area contributed by atoms with Crippen molar-refractivity contribution < 1.29 is 13.5 Å². The molecule has 0 atom stereocenters. The van der Waals surface area contributed by atoms with Gasteiger partial charge in [0.25, 0.3) is 12.0 Å². The van der Waals surface area contributed by atoms with Gasteiger partial charge in [-0.25, -0.2) is 18.4 Å². The Morgan fingerprint density at radius 2 is 1.73 bits per heavy atom. The van der Waals surface area contributed by atoms with Crippen molar-refractivity contribution in [1.29, 1.82) is 0 Å². The fourth-order valence-electron chi connectivity index (χ4n) is 3.68. The molecule has 1 aliphatic carbocycles. The van der Waals surface area contributed by atoms with Crippen LogP contribution in [0.4, 0.5) is 8.78 Å². The normalized spacial score (nSPS) is 14.7. The van der Waals surface area contributed by atoms with Crippen LogP contribution in [0.1, 0.15) is 12.8 Å². The maximum Gasteiger partial charge on any atom is 0.349 e. The molecular weight excluding hydrogens is 483 g/mol. The highest BCUT2D eigenvalue weighted by Crippen LogP contribution is 2.49. The Balaban J connectivity index is 1.54. The maximum absolute atomic E-state index is 13.6. The summed E-state index contributed by atoms with van der Waals surface area (Å²) in [7, 11) is 0. The first-order valence-corrected chi connectivity index (χ1v) is 10.3. The van der Waals surface area contributed by atoms with Crippen LogP contribution in [0.25, 0.3) is 16.7 Å². The highest BCUT2D eigenvalue weighted by Gasteiger charge is 2.54. The fourth-order valence-corrected chi connectivity index (χ4v) is 4.23. The van der Waals surface area contributed by atoms with E-state index in [1.54, 1.807) is 0 Å². The third-order valence-corrected chi connectivity index (χ3v) is 5.99. The molecule has 1 saturated carbocycles. The quantitative estimate of drug-likeness (QED) is 0.440. The molecule has 2 aromatic heterocycles. The number of benzene rings is 2. The van der Waals surface area contributed by atoms with Crippen LogP contribution < -0.4 is 21.7 Å². The molecule has 2 aromatic carbocycles. The van der Waals surface area contributed by atoms with Crippen molar-refractivity contribution >= 4 is 34.2 Å². The molecule has 2 N–H and O–H groups in total. The van der Waals surface area contributed by atoms with Crippen LogP contribution in [0.2, 0.25) is 10.0 Å². The van der Waals surface area contributed by atoms with E-state index in [4.69, 9.17) is 27.9 Å². The summed E-state index contributed by atoms with van der Waals surface area (Å²) in [6.07, 6.45) is -1.38. The lowest BCUT2D eigenvalue weighted by Gasteiger charge is -2.16. The van der Waals surface area contributed by atoms with E-state index in [2.05, 4.69) is 15.1 Å². The molecule has 4 aromatic rings. The van der Waals surface area contributed by atoms with Crippen LogP contribution in [0.15, 0.2) is 50.9 Å². The minimum Gasteiger partial charge on any atom is -0.454 e. The van der Waals surface area contributed by atoms with Gasteiger partial charge in [-0.2, -0.15) is 9.78 Å². The van der Waals surface area contributed by atoms with E-state index in [1.807, 2.05) is 0 Å². The van der Waals surface area contributed by atoms with Crippen molar-refractivity contribution in [3.05, 3.63) is 77.9 Å². The predicted octanol–water partition coefficient (Wildman–Crippen LogP) is 3.42. The van der Waals surface area contributed by atoms with E-state index in [1.165, 1.54) is 30.3 Å². The molecule has 1 aliphatic rings. The Kier molecular flexibility index (Phi) is 4.91. The molecule has 13 heteroatoms.